The molecule has 0 bridgehead atoms. The molecule has 1 heterocycles. The monoisotopic (exact) mass is 228 g/mol. The number of nitrogens with two attached hydrogens (primary N) is 1. The fourth-order valence-corrected chi connectivity index (χ4v) is 2.61. The molecule has 2 N–H and O–H groups in total. The molecular formula is C7H14F2N2O2S. The highest BCUT2D eigenvalue weighted by atomic mass is 32.2. The van der Waals surface area contributed by atoms with Crippen molar-refractivity contribution in [3.05, 3.63) is 0 Å². The van der Waals surface area contributed by atoms with Gasteiger partial charge in [0.25, 0.3) is 10.0 Å². The highest BCUT2D eigenvalue weighted by Crippen LogP contribution is 2.23. The molecule has 7 heteroatoms. The first-order valence-electron chi connectivity index (χ1n) is 4.42. The first-order valence-corrected chi connectivity index (χ1v) is 5.92. The van der Waals surface area contributed by atoms with E-state index in [0.717, 1.165) is 4.31 Å². The van der Waals surface area contributed by atoms with Crippen LogP contribution in [0.2, 0.25) is 0 Å². The molecule has 4 nitrogen and oxygen atoms in total. The summed E-state index contributed by atoms with van der Waals surface area (Å²) in [6.07, 6.45) is 0.705. The van der Waals surface area contributed by atoms with Crippen LogP contribution in [0.4, 0.5) is 8.78 Å². The van der Waals surface area contributed by atoms with E-state index in [1.807, 2.05) is 6.92 Å². The van der Waals surface area contributed by atoms with Crippen molar-refractivity contribution in [3.63, 3.8) is 0 Å². The zero-order chi connectivity index (χ0) is 10.9. The number of alkyl halides is 2. The molecule has 0 aromatic heterocycles. The predicted octanol–water partition coefficient (Wildman–Crippen LogP) is 0.208. The maximum absolute atomic E-state index is 12.2. The molecule has 0 aromatic rings. The second-order valence-corrected chi connectivity index (χ2v) is 5.36. The predicted molar refractivity (Wildman–Crippen MR) is 48.3 cm³/mol. The lowest BCUT2D eigenvalue weighted by Crippen LogP contribution is -2.35. The van der Waals surface area contributed by atoms with Gasteiger partial charge < -0.3 is 5.73 Å². The van der Waals surface area contributed by atoms with Crippen LogP contribution in [0.3, 0.4) is 0 Å². The molecule has 1 saturated heterocycles. The van der Waals surface area contributed by atoms with E-state index in [1.54, 1.807) is 0 Å². The first kappa shape index (κ1) is 11.8. The van der Waals surface area contributed by atoms with Crippen molar-refractivity contribution in [2.45, 2.75) is 25.1 Å². The molecule has 0 aliphatic carbocycles. The second kappa shape index (κ2) is 4.08. The minimum atomic E-state index is -4.43. The lowest BCUT2D eigenvalue weighted by molar-refractivity contribution is 0.221. The van der Waals surface area contributed by atoms with Gasteiger partial charge in [-0.05, 0) is 5.92 Å². The summed E-state index contributed by atoms with van der Waals surface area (Å²) in [5.74, 6) is -3.35. The van der Waals surface area contributed by atoms with Gasteiger partial charge in [0.15, 0.2) is 0 Å². The van der Waals surface area contributed by atoms with Crippen molar-refractivity contribution in [1.82, 2.24) is 4.31 Å². The Morgan fingerprint density at radius 2 is 2.07 bits per heavy atom. The molecule has 1 aliphatic rings. The van der Waals surface area contributed by atoms with E-state index >= 15 is 0 Å². The average molecular weight is 228 g/mol. The average Bonchev–Trinajstić information content (AvgIpc) is 2.47. The zero-order valence-corrected chi connectivity index (χ0v) is 8.68. The molecular weight excluding hydrogens is 214 g/mol. The van der Waals surface area contributed by atoms with Crippen molar-refractivity contribution in [2.75, 3.05) is 13.1 Å². The molecule has 0 spiro atoms. The Bertz CT molecular complexity index is 294. The highest BCUT2D eigenvalue weighted by Gasteiger charge is 2.40. The fourth-order valence-electron chi connectivity index (χ4n) is 1.61. The molecule has 84 valence electrons. The Balaban J connectivity index is 2.75. The third-order valence-electron chi connectivity index (χ3n) is 2.57. The third-order valence-corrected chi connectivity index (χ3v) is 4.04. The summed E-state index contributed by atoms with van der Waals surface area (Å²) in [5, 5.41) is 0. The van der Waals surface area contributed by atoms with E-state index < -0.39 is 15.8 Å². The van der Waals surface area contributed by atoms with E-state index in [2.05, 4.69) is 0 Å². The maximum atomic E-state index is 12.2. The number of rotatable bonds is 3. The Labute approximate surface area is 82.1 Å². The number of halogens is 2. The van der Waals surface area contributed by atoms with Crippen molar-refractivity contribution in [2.24, 2.45) is 11.7 Å². The highest BCUT2D eigenvalue weighted by molar-refractivity contribution is 7.89. The summed E-state index contributed by atoms with van der Waals surface area (Å²) >= 11 is 0. The van der Waals surface area contributed by atoms with Crippen LogP contribution >= 0.6 is 0 Å². The molecule has 14 heavy (non-hydrogen) atoms. The Kier molecular flexibility index (Phi) is 3.44. The summed E-state index contributed by atoms with van der Waals surface area (Å²) < 4.78 is 47.2. The quantitative estimate of drug-likeness (QED) is 0.751. The summed E-state index contributed by atoms with van der Waals surface area (Å²) in [6, 6.07) is -0.325. The number of hydrogen-bond donors (Lipinski definition) is 1. The van der Waals surface area contributed by atoms with Gasteiger partial charge in [-0.3, -0.25) is 0 Å². The molecule has 0 saturated carbocycles. The van der Waals surface area contributed by atoms with Crippen LogP contribution in [0.5, 0.6) is 0 Å². The SMILES string of the molecule is CCC1CN(S(=O)(=O)C(F)F)CC1N. The molecule has 1 aliphatic heterocycles. The van der Waals surface area contributed by atoms with Crippen LogP contribution in [-0.2, 0) is 10.0 Å². The van der Waals surface area contributed by atoms with Gasteiger partial charge in [-0.2, -0.15) is 13.1 Å². The van der Waals surface area contributed by atoms with Crippen molar-refractivity contribution in [3.8, 4) is 0 Å². The minimum absolute atomic E-state index is 0.00514. The summed E-state index contributed by atoms with van der Waals surface area (Å²) in [4.78, 5) is 0. The summed E-state index contributed by atoms with van der Waals surface area (Å²) in [7, 11) is -4.43. The number of sulfonamides is 1. The summed E-state index contributed by atoms with van der Waals surface area (Å²) in [6.45, 7) is 1.98. The zero-order valence-electron chi connectivity index (χ0n) is 7.86. The standard InChI is InChI=1S/C7H14F2N2O2S/c1-2-5-3-11(4-6(5)10)14(12,13)7(8)9/h5-7H,2-4,10H2,1H3. The number of nitrogens with zero attached hydrogens (tertiary/aromatic N) is 1. The molecule has 0 amide bonds. The maximum Gasteiger partial charge on any atom is 0.350 e. The van der Waals surface area contributed by atoms with Crippen molar-refractivity contribution < 1.29 is 17.2 Å². The van der Waals surface area contributed by atoms with Crippen LogP contribution < -0.4 is 5.73 Å². The van der Waals surface area contributed by atoms with Gasteiger partial charge in [-0.1, -0.05) is 13.3 Å². The van der Waals surface area contributed by atoms with Gasteiger partial charge in [0.2, 0.25) is 0 Å². The van der Waals surface area contributed by atoms with Gasteiger partial charge in [0.1, 0.15) is 0 Å². The normalized spacial score (nSPS) is 30.1. The van der Waals surface area contributed by atoms with Gasteiger partial charge in [0, 0.05) is 19.1 Å². The Morgan fingerprint density at radius 1 is 1.50 bits per heavy atom. The van der Waals surface area contributed by atoms with Gasteiger partial charge in [-0.15, -0.1) is 0 Å². The van der Waals surface area contributed by atoms with Crippen LogP contribution in [-0.4, -0.2) is 37.6 Å². The largest absolute Gasteiger partial charge is 0.350 e. The molecule has 0 aromatic carbocycles. The van der Waals surface area contributed by atoms with E-state index in [0.29, 0.717) is 6.42 Å². The smallest absolute Gasteiger partial charge is 0.326 e. The lowest BCUT2D eigenvalue weighted by Gasteiger charge is -2.14. The van der Waals surface area contributed by atoms with E-state index in [-0.39, 0.29) is 25.0 Å². The van der Waals surface area contributed by atoms with Crippen LogP contribution in [0.15, 0.2) is 0 Å². The molecule has 2 atom stereocenters. The number of hydrogen-bond acceptors (Lipinski definition) is 3. The van der Waals surface area contributed by atoms with Crippen molar-refractivity contribution in [1.29, 1.82) is 0 Å². The van der Waals surface area contributed by atoms with E-state index in [4.69, 9.17) is 5.73 Å². The molecule has 1 fully saturated rings. The topological polar surface area (TPSA) is 63.4 Å². The molecule has 0 radical (unpaired) electrons. The molecule has 1 rings (SSSR count). The Hall–Kier alpha value is -0.270. The van der Waals surface area contributed by atoms with Crippen LogP contribution in [0.25, 0.3) is 0 Å². The van der Waals surface area contributed by atoms with E-state index in [9.17, 15) is 17.2 Å². The first-order chi connectivity index (χ1) is 6.39. The van der Waals surface area contributed by atoms with E-state index in [1.165, 1.54) is 0 Å². The lowest BCUT2D eigenvalue weighted by atomic mass is 10.0. The van der Waals surface area contributed by atoms with Gasteiger partial charge in [-0.25, -0.2) is 8.42 Å². The molecule has 2 unspecified atom stereocenters. The second-order valence-electron chi connectivity index (χ2n) is 3.45. The van der Waals surface area contributed by atoms with Gasteiger partial charge >= 0.3 is 5.76 Å². The van der Waals surface area contributed by atoms with Gasteiger partial charge in [0.05, 0.1) is 0 Å². The van der Waals surface area contributed by atoms with Crippen LogP contribution in [0.1, 0.15) is 13.3 Å². The minimum Gasteiger partial charge on any atom is -0.326 e. The fraction of sp³-hybridized carbons (Fsp3) is 1.00. The summed E-state index contributed by atoms with van der Waals surface area (Å²) in [5.41, 5.74) is 5.63. The van der Waals surface area contributed by atoms with Crippen LogP contribution in [0, 0.1) is 5.92 Å². The Morgan fingerprint density at radius 3 is 2.43 bits per heavy atom. The van der Waals surface area contributed by atoms with Crippen molar-refractivity contribution >= 4 is 10.0 Å². The third kappa shape index (κ3) is 2.04.